The number of nitrogens with zero attached hydrogens (tertiary/aromatic N) is 3. The number of aliphatic imine (C=N–C) groups is 1. The topological polar surface area (TPSA) is 124 Å². The molecule has 0 bridgehead atoms. The summed E-state index contributed by atoms with van der Waals surface area (Å²) in [5.41, 5.74) is 4.32. The lowest BCUT2D eigenvalue weighted by Crippen LogP contribution is -2.50. The molecule has 2 N–H and O–H groups in total. The predicted molar refractivity (Wildman–Crippen MR) is 105 cm³/mol. The predicted octanol–water partition coefficient (Wildman–Crippen LogP) is 1.77. The van der Waals surface area contributed by atoms with Crippen molar-refractivity contribution in [3.05, 3.63) is 53.1 Å². The van der Waals surface area contributed by atoms with Gasteiger partial charge in [-0.15, -0.1) is 8.78 Å². The summed E-state index contributed by atoms with van der Waals surface area (Å²) in [5, 5.41) is 0. The molecule has 0 amide bonds. The second-order valence-corrected chi connectivity index (χ2v) is 9.57. The average Bonchev–Trinajstić information content (AvgIpc) is 3.00. The van der Waals surface area contributed by atoms with Crippen molar-refractivity contribution in [1.29, 1.82) is 0 Å². The van der Waals surface area contributed by atoms with Gasteiger partial charge in [0, 0.05) is 25.1 Å². The van der Waals surface area contributed by atoms with E-state index in [0.717, 1.165) is 22.6 Å². The molecule has 2 aliphatic rings. The summed E-state index contributed by atoms with van der Waals surface area (Å²) in [6.07, 6.45) is -3.16. The third-order valence-electron chi connectivity index (χ3n) is 5.12. The molecular weight excluding hydrogens is 453 g/mol. The average molecular weight is 470 g/mol. The molecule has 32 heavy (non-hydrogen) atoms. The van der Waals surface area contributed by atoms with E-state index in [4.69, 9.17) is 5.73 Å². The van der Waals surface area contributed by atoms with Crippen molar-refractivity contribution >= 4 is 21.8 Å². The Morgan fingerprint density at radius 3 is 2.62 bits per heavy atom. The van der Waals surface area contributed by atoms with Crippen LogP contribution in [0.5, 0.6) is 11.5 Å². The Hall–Kier alpha value is -3.35. The lowest BCUT2D eigenvalue weighted by atomic mass is 9.91. The molecule has 9 nitrogen and oxygen atoms in total. The number of Topliss-reactive ketones (excluding diaryl/α,β-unsaturated/α-hetero) is 1. The van der Waals surface area contributed by atoms with Crippen molar-refractivity contribution in [3.63, 3.8) is 0 Å². The van der Waals surface area contributed by atoms with Crippen LogP contribution in [0, 0.1) is 5.82 Å². The molecule has 1 aromatic heterocycles. The molecule has 13 heteroatoms. The van der Waals surface area contributed by atoms with E-state index in [1.54, 1.807) is 0 Å². The lowest BCUT2D eigenvalue weighted by molar-refractivity contribution is -0.286. The van der Waals surface area contributed by atoms with Crippen LogP contribution in [0.4, 0.5) is 13.2 Å². The van der Waals surface area contributed by atoms with Crippen LogP contribution in [0.1, 0.15) is 28.5 Å². The van der Waals surface area contributed by atoms with Crippen LogP contribution in [0.2, 0.25) is 0 Å². The molecule has 0 spiro atoms. The highest BCUT2D eigenvalue weighted by Gasteiger charge is 2.44. The van der Waals surface area contributed by atoms with Gasteiger partial charge in [-0.1, -0.05) is 6.07 Å². The third kappa shape index (κ3) is 3.83. The minimum Gasteiger partial charge on any atom is -0.395 e. The number of carbonyl (C=O) groups is 1. The molecule has 0 unspecified atom stereocenters. The number of pyridine rings is 1. The highest BCUT2D eigenvalue weighted by molar-refractivity contribution is 7.89. The fraction of sp³-hybridized carbons (Fsp3) is 0.316. The van der Waals surface area contributed by atoms with E-state index in [1.165, 1.54) is 26.1 Å². The minimum absolute atomic E-state index is 0.0549. The molecule has 170 valence electrons. The van der Waals surface area contributed by atoms with Crippen molar-refractivity contribution in [2.75, 3.05) is 12.8 Å². The highest BCUT2D eigenvalue weighted by Crippen LogP contribution is 2.40. The Kier molecular flexibility index (Phi) is 4.84. The van der Waals surface area contributed by atoms with Gasteiger partial charge in [0.15, 0.2) is 17.3 Å². The number of aromatic nitrogens is 1. The number of hydrogen-bond acceptors (Lipinski definition) is 8. The normalized spacial score (nSPS) is 23.0. The molecule has 4 rings (SSSR count). The number of hydrogen-bond donors (Lipinski definition) is 1. The maximum atomic E-state index is 14.6. The molecule has 0 aliphatic carbocycles. The maximum absolute atomic E-state index is 14.6. The molecule has 1 atom stereocenters. The molecule has 3 heterocycles. The summed E-state index contributed by atoms with van der Waals surface area (Å²) < 4.78 is 75.1. The van der Waals surface area contributed by atoms with Crippen molar-refractivity contribution < 1.29 is 35.9 Å². The van der Waals surface area contributed by atoms with E-state index < -0.39 is 39.2 Å². The summed E-state index contributed by atoms with van der Waals surface area (Å²) in [5.74, 6) is -2.73. The Morgan fingerprint density at radius 2 is 1.94 bits per heavy atom. The van der Waals surface area contributed by atoms with Gasteiger partial charge in [-0.25, -0.2) is 27.1 Å². The van der Waals surface area contributed by atoms with Gasteiger partial charge in [0.25, 0.3) is 0 Å². The quantitative estimate of drug-likeness (QED) is 0.676. The number of halogens is 3. The molecule has 0 saturated carbocycles. The van der Waals surface area contributed by atoms with Gasteiger partial charge in [-0.05, 0) is 24.6 Å². The van der Waals surface area contributed by atoms with E-state index >= 15 is 0 Å². The molecule has 0 saturated heterocycles. The van der Waals surface area contributed by atoms with Gasteiger partial charge in [0.05, 0.1) is 11.9 Å². The maximum Gasteiger partial charge on any atom is 0.586 e. The van der Waals surface area contributed by atoms with Crippen LogP contribution >= 0.6 is 0 Å². The summed E-state index contributed by atoms with van der Waals surface area (Å²) >= 11 is 0. The zero-order chi connectivity index (χ0) is 23.5. The number of nitrogens with two attached hydrogens (primary N) is 1. The zero-order valence-electron chi connectivity index (χ0n) is 16.8. The van der Waals surface area contributed by atoms with Gasteiger partial charge in [-0.3, -0.25) is 4.79 Å². The number of carbonyl (C=O) groups excluding carboxylic acids is 1. The van der Waals surface area contributed by atoms with Gasteiger partial charge in [-0.2, -0.15) is 0 Å². The number of rotatable bonds is 4. The van der Waals surface area contributed by atoms with Gasteiger partial charge < -0.3 is 15.2 Å². The van der Waals surface area contributed by atoms with E-state index in [0.29, 0.717) is 5.56 Å². The van der Waals surface area contributed by atoms with Crippen LogP contribution < -0.4 is 15.2 Å². The van der Waals surface area contributed by atoms with Gasteiger partial charge >= 0.3 is 6.29 Å². The number of ketones is 1. The number of guanidine groups is 1. The van der Waals surface area contributed by atoms with Crippen LogP contribution in [0.3, 0.4) is 0 Å². The number of benzene rings is 1. The Balaban J connectivity index is 1.63. The number of sulfonamides is 1. The zero-order valence-corrected chi connectivity index (χ0v) is 17.6. The van der Waals surface area contributed by atoms with E-state index in [2.05, 4.69) is 19.5 Å². The summed E-state index contributed by atoms with van der Waals surface area (Å²) in [6.45, 7) is 1.42. The smallest absolute Gasteiger partial charge is 0.395 e. The molecule has 0 radical (unpaired) electrons. The highest BCUT2D eigenvalue weighted by atomic mass is 32.2. The minimum atomic E-state index is -3.84. The van der Waals surface area contributed by atoms with Crippen molar-refractivity contribution in [2.45, 2.75) is 25.2 Å². The van der Waals surface area contributed by atoms with Crippen LogP contribution in [-0.4, -0.2) is 48.5 Å². The van der Waals surface area contributed by atoms with E-state index in [1.807, 2.05) is 0 Å². The second-order valence-electron chi connectivity index (χ2n) is 7.57. The molecule has 2 aromatic rings. The Labute approximate surface area is 180 Å². The molecular formula is C19H17F3N4O5S. The molecule has 1 aromatic carbocycles. The van der Waals surface area contributed by atoms with Crippen LogP contribution in [0.15, 0.2) is 35.5 Å². The number of ether oxygens (including phenoxy) is 2. The first-order valence-corrected chi connectivity index (χ1v) is 10.8. The Morgan fingerprint density at radius 1 is 1.25 bits per heavy atom. The standard InChI is InChI=1S/C19H17F3N4O5S/c1-18(9-32(28,29)26(2)17(23)25-18)11-5-10(3-4-12(11)20)6-14(27)13-7-15-16(8-24-13)31-19(21,22)30-15/h3-5,7-8H,6,9H2,1-2H3,(H2,23,25)/t18-/m0/s1. The van der Waals surface area contributed by atoms with Crippen molar-refractivity contribution in [3.8, 4) is 11.5 Å². The third-order valence-corrected chi connectivity index (χ3v) is 7.06. The first-order valence-electron chi connectivity index (χ1n) is 9.20. The SMILES string of the molecule is CN1C(N)=N[C@](C)(c2cc(CC(=O)c3cc4c(cn3)OC(F)(F)O4)ccc2F)CS1(=O)=O. The summed E-state index contributed by atoms with van der Waals surface area (Å²) in [6, 6.07) is 4.79. The van der Waals surface area contributed by atoms with Crippen molar-refractivity contribution in [2.24, 2.45) is 10.7 Å². The monoisotopic (exact) mass is 470 g/mol. The first-order chi connectivity index (χ1) is 14.8. The van der Waals surface area contributed by atoms with E-state index in [9.17, 15) is 26.4 Å². The fourth-order valence-corrected chi connectivity index (χ4v) is 4.92. The molecule has 0 fully saturated rings. The number of alkyl halides is 2. The Bertz CT molecular complexity index is 1270. The first kappa shape index (κ1) is 21.9. The van der Waals surface area contributed by atoms with Crippen LogP contribution in [-0.2, 0) is 22.0 Å². The second kappa shape index (κ2) is 7.08. The summed E-state index contributed by atoms with van der Waals surface area (Å²) in [7, 11) is -2.59. The fourth-order valence-electron chi connectivity index (χ4n) is 3.47. The summed E-state index contributed by atoms with van der Waals surface area (Å²) in [4.78, 5) is 20.6. The van der Waals surface area contributed by atoms with Crippen molar-refractivity contribution in [1.82, 2.24) is 9.29 Å². The molecule has 2 aliphatic heterocycles. The largest absolute Gasteiger partial charge is 0.586 e. The van der Waals surface area contributed by atoms with Gasteiger partial charge in [0.1, 0.15) is 17.1 Å². The van der Waals surface area contributed by atoms with Gasteiger partial charge in [0.2, 0.25) is 16.0 Å². The number of fused-ring (bicyclic) bond motifs is 1. The van der Waals surface area contributed by atoms with Crippen LogP contribution in [0.25, 0.3) is 0 Å². The van der Waals surface area contributed by atoms with E-state index in [-0.39, 0.29) is 35.1 Å². The lowest BCUT2D eigenvalue weighted by Gasteiger charge is -2.34.